The van der Waals surface area contributed by atoms with Crippen molar-refractivity contribution >= 4 is 21.8 Å². The van der Waals surface area contributed by atoms with Gasteiger partial charge in [-0.3, -0.25) is 20.0 Å². The Bertz CT molecular complexity index is 1820. The second-order valence-corrected chi connectivity index (χ2v) is 10.1. The first-order valence-electron chi connectivity index (χ1n) is 13.1. The predicted octanol–water partition coefficient (Wildman–Crippen LogP) is 6.58. The molecule has 0 atom stereocenters. The maximum Gasteiger partial charge on any atom is 0.127 e. The Balaban J connectivity index is 1.28. The monoisotopic (exact) mass is 518 g/mol. The van der Waals surface area contributed by atoms with E-state index in [0.717, 1.165) is 69.5 Å². The molecule has 194 valence electrons. The van der Waals surface area contributed by atoms with E-state index in [2.05, 4.69) is 54.3 Å². The number of benzene rings is 2. The fourth-order valence-corrected chi connectivity index (χ4v) is 5.57. The number of halogens is 1. The van der Waals surface area contributed by atoms with Crippen LogP contribution in [-0.4, -0.2) is 50.2 Å². The lowest BCUT2D eigenvalue weighted by atomic mass is 10.0. The van der Waals surface area contributed by atoms with Gasteiger partial charge < -0.3 is 9.72 Å². The molecule has 7 nitrogen and oxygen atoms in total. The van der Waals surface area contributed by atoms with Crippen molar-refractivity contribution in [3.8, 4) is 39.4 Å². The molecule has 7 rings (SSSR count). The molecule has 0 amide bonds. The zero-order valence-electron chi connectivity index (χ0n) is 21.5. The summed E-state index contributed by atoms with van der Waals surface area (Å²) in [6, 6.07) is 15.3. The number of fused-ring (bicyclic) bond motifs is 2. The molecule has 8 heteroatoms. The minimum atomic E-state index is -0.359. The van der Waals surface area contributed by atoms with E-state index in [1.165, 1.54) is 37.6 Å². The van der Waals surface area contributed by atoms with Gasteiger partial charge in [0.05, 0.1) is 30.0 Å². The van der Waals surface area contributed by atoms with Crippen LogP contribution in [0.2, 0.25) is 0 Å². The van der Waals surface area contributed by atoms with Crippen LogP contribution in [0.1, 0.15) is 18.4 Å². The van der Waals surface area contributed by atoms with Gasteiger partial charge in [-0.2, -0.15) is 5.10 Å². The van der Waals surface area contributed by atoms with Crippen molar-refractivity contribution in [2.75, 3.05) is 20.2 Å². The number of aromatic nitrogens is 5. The molecule has 0 spiro atoms. The van der Waals surface area contributed by atoms with Crippen molar-refractivity contribution in [2.24, 2.45) is 0 Å². The molecule has 0 bridgehead atoms. The molecule has 1 aliphatic heterocycles. The number of nitrogens with one attached hydrogen (secondary N) is 2. The molecular formula is C31H27FN6O. The first-order chi connectivity index (χ1) is 19.1. The van der Waals surface area contributed by atoms with Crippen LogP contribution in [0.3, 0.4) is 0 Å². The van der Waals surface area contributed by atoms with E-state index < -0.39 is 0 Å². The third kappa shape index (κ3) is 4.42. The molecule has 1 aliphatic rings. The minimum absolute atomic E-state index is 0.359. The summed E-state index contributed by atoms with van der Waals surface area (Å²) in [5.41, 5.74) is 8.37. The first-order valence-corrected chi connectivity index (χ1v) is 13.1. The average Bonchev–Trinajstić information content (AvgIpc) is 3.72. The average molecular weight is 519 g/mol. The number of likely N-dealkylation sites (tertiary alicyclic amines) is 1. The van der Waals surface area contributed by atoms with E-state index in [-0.39, 0.29) is 5.82 Å². The molecule has 0 saturated carbocycles. The zero-order valence-corrected chi connectivity index (χ0v) is 21.5. The Kier molecular flexibility index (Phi) is 5.82. The summed E-state index contributed by atoms with van der Waals surface area (Å²) in [6.45, 7) is 3.24. The molecule has 2 aromatic carbocycles. The molecular weight excluding hydrogens is 491 g/mol. The summed E-state index contributed by atoms with van der Waals surface area (Å²) >= 11 is 0. The maximum absolute atomic E-state index is 14.3. The predicted molar refractivity (Wildman–Crippen MR) is 151 cm³/mol. The van der Waals surface area contributed by atoms with Gasteiger partial charge in [0.2, 0.25) is 0 Å². The Morgan fingerprint density at radius 3 is 2.59 bits per heavy atom. The van der Waals surface area contributed by atoms with Crippen LogP contribution in [0.25, 0.3) is 55.4 Å². The smallest absolute Gasteiger partial charge is 0.127 e. The van der Waals surface area contributed by atoms with Gasteiger partial charge >= 0.3 is 0 Å². The Morgan fingerprint density at radius 1 is 0.846 bits per heavy atom. The summed E-state index contributed by atoms with van der Waals surface area (Å²) in [4.78, 5) is 14.9. The zero-order chi connectivity index (χ0) is 26.3. The number of nitrogens with zero attached hydrogens (tertiary/aromatic N) is 4. The highest BCUT2D eigenvalue weighted by Crippen LogP contribution is 2.36. The largest absolute Gasteiger partial charge is 0.497 e. The van der Waals surface area contributed by atoms with Crippen LogP contribution >= 0.6 is 0 Å². The van der Waals surface area contributed by atoms with Crippen molar-refractivity contribution in [3.05, 3.63) is 84.7 Å². The molecule has 2 N–H and O–H groups in total. The highest BCUT2D eigenvalue weighted by Gasteiger charge is 2.16. The first kappa shape index (κ1) is 23.5. The highest BCUT2D eigenvalue weighted by atomic mass is 19.1. The fraction of sp³-hybridized carbons (Fsp3) is 0.194. The molecule has 0 aliphatic carbocycles. The van der Waals surface area contributed by atoms with Crippen molar-refractivity contribution < 1.29 is 9.13 Å². The maximum atomic E-state index is 14.3. The van der Waals surface area contributed by atoms with E-state index in [4.69, 9.17) is 4.74 Å². The van der Waals surface area contributed by atoms with Gasteiger partial charge in [-0.1, -0.05) is 6.07 Å². The Hall–Kier alpha value is -4.56. The number of H-pyrrole nitrogens is 2. The van der Waals surface area contributed by atoms with Crippen molar-refractivity contribution in [3.63, 3.8) is 0 Å². The van der Waals surface area contributed by atoms with Crippen LogP contribution in [0, 0.1) is 5.82 Å². The fourth-order valence-electron chi connectivity index (χ4n) is 5.57. The van der Waals surface area contributed by atoms with E-state index in [9.17, 15) is 4.39 Å². The molecule has 1 fully saturated rings. The van der Waals surface area contributed by atoms with E-state index in [0.29, 0.717) is 11.3 Å². The van der Waals surface area contributed by atoms with Crippen molar-refractivity contribution in [1.29, 1.82) is 0 Å². The lowest BCUT2D eigenvalue weighted by molar-refractivity contribution is 0.331. The number of rotatable bonds is 6. The van der Waals surface area contributed by atoms with E-state index >= 15 is 0 Å². The lowest BCUT2D eigenvalue weighted by Gasteiger charge is -2.14. The topological polar surface area (TPSA) is 82.7 Å². The summed E-state index contributed by atoms with van der Waals surface area (Å²) in [5, 5.41) is 9.75. The standard InChI is InChI=1S/C31H27FN6O/c1-39-24-10-21(9-23(32)12-24)27-16-34-17-30-25(27)13-29(35-30)31-26-11-20(4-5-28(26)36-37-31)22-8-19(14-33-15-22)18-38-6-2-3-7-38/h4-5,8-17,35H,2-3,6-7,18H2,1H3,(H,36,37). The second-order valence-electron chi connectivity index (χ2n) is 10.1. The van der Waals surface area contributed by atoms with Gasteiger partial charge in [-0.25, -0.2) is 4.39 Å². The summed E-state index contributed by atoms with van der Waals surface area (Å²) in [7, 11) is 1.53. The van der Waals surface area contributed by atoms with Crippen molar-refractivity contribution in [1.82, 2.24) is 30.0 Å². The summed E-state index contributed by atoms with van der Waals surface area (Å²) in [6.07, 6.45) is 9.95. The SMILES string of the molecule is COc1cc(F)cc(-c2cncc3[nH]c(-c4n[nH]c5ccc(-c6cncc(CN7CCCC7)c6)cc45)cc23)c1. The van der Waals surface area contributed by atoms with Crippen molar-refractivity contribution in [2.45, 2.75) is 19.4 Å². The molecule has 5 heterocycles. The lowest BCUT2D eigenvalue weighted by Crippen LogP contribution is -2.18. The van der Waals surface area contributed by atoms with Gasteiger partial charge in [-0.15, -0.1) is 0 Å². The van der Waals surface area contributed by atoms with Crippen LogP contribution in [0.4, 0.5) is 4.39 Å². The van der Waals surface area contributed by atoms with Gasteiger partial charge in [-0.05, 0) is 79.0 Å². The molecule has 0 unspecified atom stereocenters. The Morgan fingerprint density at radius 2 is 1.72 bits per heavy atom. The van der Waals surface area contributed by atoms with E-state index in [1.54, 1.807) is 12.4 Å². The molecule has 4 aromatic heterocycles. The number of hydrogen-bond acceptors (Lipinski definition) is 5. The number of methoxy groups -OCH3 is 1. The van der Waals surface area contributed by atoms with Gasteiger partial charge in [0, 0.05) is 53.1 Å². The number of aromatic amines is 2. The number of ether oxygens (including phenoxy) is 1. The minimum Gasteiger partial charge on any atom is -0.497 e. The molecule has 39 heavy (non-hydrogen) atoms. The summed E-state index contributed by atoms with van der Waals surface area (Å²) in [5.74, 6) is 0.101. The third-order valence-electron chi connectivity index (χ3n) is 7.51. The summed E-state index contributed by atoms with van der Waals surface area (Å²) < 4.78 is 19.6. The molecule has 0 radical (unpaired) electrons. The van der Waals surface area contributed by atoms with Crippen LogP contribution in [0.15, 0.2) is 73.3 Å². The van der Waals surface area contributed by atoms with Crippen LogP contribution in [-0.2, 0) is 6.54 Å². The number of pyridine rings is 2. The Labute approximate surface area is 224 Å². The third-order valence-corrected chi connectivity index (χ3v) is 7.51. The van der Waals surface area contributed by atoms with E-state index in [1.807, 2.05) is 24.5 Å². The van der Waals surface area contributed by atoms with Gasteiger partial charge in [0.1, 0.15) is 17.3 Å². The normalized spacial score (nSPS) is 14.0. The number of hydrogen-bond donors (Lipinski definition) is 2. The van der Waals surface area contributed by atoms with Crippen LogP contribution in [0.5, 0.6) is 5.75 Å². The quantitative estimate of drug-likeness (QED) is 0.260. The second kappa shape index (κ2) is 9.63. The van der Waals surface area contributed by atoms with Crippen LogP contribution < -0.4 is 4.74 Å². The molecule has 6 aromatic rings. The van der Waals surface area contributed by atoms with Gasteiger partial charge in [0.25, 0.3) is 0 Å². The molecule has 1 saturated heterocycles. The van der Waals surface area contributed by atoms with Gasteiger partial charge in [0.15, 0.2) is 0 Å². The highest BCUT2D eigenvalue weighted by molar-refractivity contribution is 6.01.